The molecule has 4 rings (SSSR count). The van der Waals surface area contributed by atoms with Gasteiger partial charge in [0.1, 0.15) is 0 Å². The van der Waals surface area contributed by atoms with E-state index in [0.717, 1.165) is 77.1 Å². The van der Waals surface area contributed by atoms with E-state index in [-0.39, 0.29) is 17.4 Å². The molecule has 25 heavy (non-hydrogen) atoms. The number of hydrogen-bond acceptors (Lipinski definition) is 4. The first kappa shape index (κ1) is 17.1. The molecule has 0 aliphatic carbocycles. The van der Waals surface area contributed by atoms with E-state index in [1.807, 2.05) is 11.0 Å². The summed E-state index contributed by atoms with van der Waals surface area (Å²) < 4.78 is 5.49. The SMILES string of the molecule is O=C(c1cc[nH]c1)N1CCC2(CC1)CC(O)CN(C1CCOCC1)C2. The van der Waals surface area contributed by atoms with Gasteiger partial charge in [-0.25, -0.2) is 0 Å². The molecule has 1 spiro atoms. The predicted octanol–water partition coefficient (Wildman–Crippen LogP) is 1.48. The molecule has 0 radical (unpaired) electrons. The summed E-state index contributed by atoms with van der Waals surface area (Å²) in [6.45, 7) is 5.10. The largest absolute Gasteiger partial charge is 0.392 e. The number of β-amino-alcohol motifs (C(OH)–C–C–N with tert-alkyl or cyclic N) is 1. The Morgan fingerprint density at radius 1 is 1.28 bits per heavy atom. The molecule has 1 amide bonds. The second-order valence-electron chi connectivity index (χ2n) is 8.02. The molecular formula is C19H29N3O3. The molecule has 2 N–H and O–H groups in total. The van der Waals surface area contributed by atoms with Crippen molar-refractivity contribution in [2.45, 2.75) is 44.2 Å². The number of piperidine rings is 2. The van der Waals surface area contributed by atoms with Gasteiger partial charge in [-0.2, -0.15) is 0 Å². The summed E-state index contributed by atoms with van der Waals surface area (Å²) in [4.78, 5) is 20.0. The molecule has 4 heterocycles. The Bertz CT molecular complexity index is 575. The molecule has 3 saturated heterocycles. The van der Waals surface area contributed by atoms with Crippen molar-refractivity contribution in [1.29, 1.82) is 0 Å². The van der Waals surface area contributed by atoms with Crippen LogP contribution >= 0.6 is 0 Å². The van der Waals surface area contributed by atoms with Crippen LogP contribution in [0.15, 0.2) is 18.5 Å². The third-order valence-corrected chi connectivity index (χ3v) is 6.32. The average Bonchev–Trinajstić information content (AvgIpc) is 3.17. The van der Waals surface area contributed by atoms with Crippen molar-refractivity contribution in [2.24, 2.45) is 5.41 Å². The Morgan fingerprint density at radius 3 is 2.72 bits per heavy atom. The van der Waals surface area contributed by atoms with Gasteiger partial charge >= 0.3 is 0 Å². The lowest BCUT2D eigenvalue weighted by atomic mass is 9.71. The van der Waals surface area contributed by atoms with Crippen molar-refractivity contribution in [3.8, 4) is 0 Å². The molecule has 138 valence electrons. The van der Waals surface area contributed by atoms with Gasteiger partial charge in [0.2, 0.25) is 0 Å². The summed E-state index contributed by atoms with van der Waals surface area (Å²) >= 11 is 0. The van der Waals surface area contributed by atoms with Crippen LogP contribution in [-0.2, 0) is 4.74 Å². The zero-order valence-corrected chi connectivity index (χ0v) is 14.8. The quantitative estimate of drug-likeness (QED) is 0.850. The van der Waals surface area contributed by atoms with Gasteiger partial charge in [-0.05, 0) is 43.6 Å². The number of aliphatic hydroxyl groups excluding tert-OH is 1. The van der Waals surface area contributed by atoms with Crippen LogP contribution in [0.2, 0.25) is 0 Å². The molecule has 0 aromatic carbocycles. The van der Waals surface area contributed by atoms with Crippen LogP contribution in [0.3, 0.4) is 0 Å². The first-order valence-corrected chi connectivity index (χ1v) is 9.57. The molecule has 6 nitrogen and oxygen atoms in total. The third-order valence-electron chi connectivity index (χ3n) is 6.32. The number of amides is 1. The van der Waals surface area contributed by atoms with Gasteiger partial charge in [-0.1, -0.05) is 0 Å². The van der Waals surface area contributed by atoms with E-state index in [1.165, 1.54) is 0 Å². The smallest absolute Gasteiger partial charge is 0.255 e. The minimum atomic E-state index is -0.247. The van der Waals surface area contributed by atoms with Crippen LogP contribution in [0, 0.1) is 5.41 Å². The number of ether oxygens (including phenoxy) is 1. The monoisotopic (exact) mass is 347 g/mol. The number of nitrogens with zero attached hydrogens (tertiary/aromatic N) is 2. The van der Waals surface area contributed by atoms with E-state index >= 15 is 0 Å². The molecule has 1 unspecified atom stereocenters. The Kier molecular flexibility index (Phi) is 4.84. The zero-order valence-electron chi connectivity index (χ0n) is 14.8. The number of rotatable bonds is 2. The lowest BCUT2D eigenvalue weighted by Crippen LogP contribution is -2.57. The lowest BCUT2D eigenvalue weighted by Gasteiger charge is -2.51. The maximum absolute atomic E-state index is 12.5. The van der Waals surface area contributed by atoms with E-state index in [9.17, 15) is 9.90 Å². The van der Waals surface area contributed by atoms with Crippen LogP contribution < -0.4 is 0 Å². The van der Waals surface area contributed by atoms with E-state index in [2.05, 4.69) is 9.88 Å². The highest BCUT2D eigenvalue weighted by Gasteiger charge is 2.43. The van der Waals surface area contributed by atoms with Crippen LogP contribution in [0.4, 0.5) is 0 Å². The van der Waals surface area contributed by atoms with Gasteiger partial charge in [0.25, 0.3) is 5.91 Å². The lowest BCUT2D eigenvalue weighted by molar-refractivity contribution is -0.0695. The van der Waals surface area contributed by atoms with Crippen molar-refractivity contribution in [3.05, 3.63) is 24.0 Å². The van der Waals surface area contributed by atoms with Gasteiger partial charge in [-0.3, -0.25) is 9.69 Å². The fourth-order valence-corrected chi connectivity index (χ4v) is 4.91. The van der Waals surface area contributed by atoms with Crippen LogP contribution in [0.5, 0.6) is 0 Å². The molecular weight excluding hydrogens is 318 g/mol. The Morgan fingerprint density at radius 2 is 2.04 bits per heavy atom. The highest BCUT2D eigenvalue weighted by Crippen LogP contribution is 2.41. The summed E-state index contributed by atoms with van der Waals surface area (Å²) in [6.07, 6.45) is 8.30. The number of carbonyl (C=O) groups is 1. The fraction of sp³-hybridized carbons (Fsp3) is 0.737. The fourth-order valence-electron chi connectivity index (χ4n) is 4.91. The van der Waals surface area contributed by atoms with Crippen molar-refractivity contribution in [2.75, 3.05) is 39.4 Å². The van der Waals surface area contributed by atoms with Crippen LogP contribution in [0.25, 0.3) is 0 Å². The average molecular weight is 347 g/mol. The first-order chi connectivity index (χ1) is 12.2. The van der Waals surface area contributed by atoms with Gasteiger partial charge in [0, 0.05) is 57.8 Å². The van der Waals surface area contributed by atoms with Crippen molar-refractivity contribution in [1.82, 2.24) is 14.8 Å². The number of nitrogens with one attached hydrogen (secondary N) is 1. The van der Waals surface area contributed by atoms with Gasteiger partial charge in [0.05, 0.1) is 11.7 Å². The molecule has 0 saturated carbocycles. The molecule has 3 fully saturated rings. The van der Waals surface area contributed by atoms with Crippen molar-refractivity contribution >= 4 is 5.91 Å². The molecule has 1 atom stereocenters. The normalized spacial score (nSPS) is 28.4. The number of aromatic amines is 1. The number of aromatic nitrogens is 1. The molecule has 3 aliphatic heterocycles. The van der Waals surface area contributed by atoms with Gasteiger partial charge in [0.15, 0.2) is 0 Å². The van der Waals surface area contributed by atoms with Crippen LogP contribution in [0.1, 0.15) is 42.5 Å². The molecule has 1 aromatic heterocycles. The topological polar surface area (TPSA) is 68.8 Å². The van der Waals surface area contributed by atoms with E-state index in [0.29, 0.717) is 6.04 Å². The second-order valence-corrected chi connectivity index (χ2v) is 8.02. The number of H-pyrrole nitrogens is 1. The summed E-state index contributed by atoms with van der Waals surface area (Å²) in [7, 11) is 0. The number of aliphatic hydroxyl groups is 1. The van der Waals surface area contributed by atoms with E-state index in [1.54, 1.807) is 12.4 Å². The van der Waals surface area contributed by atoms with E-state index in [4.69, 9.17) is 4.74 Å². The molecule has 3 aliphatic rings. The summed E-state index contributed by atoms with van der Waals surface area (Å²) in [5, 5.41) is 10.5. The summed E-state index contributed by atoms with van der Waals surface area (Å²) in [5.41, 5.74) is 0.897. The Balaban J connectivity index is 1.39. The summed E-state index contributed by atoms with van der Waals surface area (Å²) in [6, 6.07) is 2.38. The molecule has 0 bridgehead atoms. The predicted molar refractivity (Wildman–Crippen MR) is 94.4 cm³/mol. The second kappa shape index (κ2) is 7.09. The standard InChI is InChI=1S/C19H29N3O3/c23-17-11-19(14-22(13-17)16-2-9-25-10-3-16)4-7-21(8-5-19)18(24)15-1-6-20-12-15/h1,6,12,16-17,20,23H,2-5,7-11,13-14H2. The Hall–Kier alpha value is -1.37. The maximum atomic E-state index is 12.5. The zero-order chi connectivity index (χ0) is 17.3. The number of hydrogen-bond donors (Lipinski definition) is 2. The molecule has 6 heteroatoms. The number of carbonyl (C=O) groups excluding carboxylic acids is 1. The number of likely N-dealkylation sites (tertiary alicyclic amines) is 2. The van der Waals surface area contributed by atoms with E-state index < -0.39 is 0 Å². The van der Waals surface area contributed by atoms with Crippen molar-refractivity contribution < 1.29 is 14.6 Å². The third kappa shape index (κ3) is 3.61. The van der Waals surface area contributed by atoms with Crippen molar-refractivity contribution in [3.63, 3.8) is 0 Å². The van der Waals surface area contributed by atoms with Gasteiger partial charge in [-0.15, -0.1) is 0 Å². The maximum Gasteiger partial charge on any atom is 0.255 e. The highest BCUT2D eigenvalue weighted by molar-refractivity contribution is 5.94. The summed E-state index contributed by atoms with van der Waals surface area (Å²) in [5.74, 6) is 0.119. The Labute approximate surface area is 149 Å². The first-order valence-electron chi connectivity index (χ1n) is 9.57. The molecule has 1 aromatic rings. The minimum absolute atomic E-state index is 0.119. The van der Waals surface area contributed by atoms with Crippen LogP contribution in [-0.4, -0.2) is 77.3 Å². The van der Waals surface area contributed by atoms with Gasteiger partial charge < -0.3 is 19.7 Å². The minimum Gasteiger partial charge on any atom is -0.392 e. The highest BCUT2D eigenvalue weighted by atomic mass is 16.5.